The van der Waals surface area contributed by atoms with E-state index in [0.29, 0.717) is 0 Å². The van der Waals surface area contributed by atoms with Crippen LogP contribution in [-0.2, 0) is 0 Å². The van der Waals surface area contributed by atoms with Crippen molar-refractivity contribution in [1.29, 1.82) is 0 Å². The lowest BCUT2D eigenvalue weighted by molar-refractivity contribution is -0.150. The van der Waals surface area contributed by atoms with Gasteiger partial charge in [0.15, 0.2) is 0 Å². The van der Waals surface area contributed by atoms with Crippen LogP contribution >= 0.6 is 0 Å². The van der Waals surface area contributed by atoms with Gasteiger partial charge in [-0.15, -0.1) is 0 Å². The van der Waals surface area contributed by atoms with Crippen molar-refractivity contribution < 1.29 is 20.4 Å². The first-order chi connectivity index (χ1) is 6.89. The van der Waals surface area contributed by atoms with Crippen molar-refractivity contribution in [2.45, 2.75) is 66.0 Å². The number of hydrogen-bond acceptors (Lipinski definition) is 4. The predicted molar refractivity (Wildman–Crippen MR) is 62.9 cm³/mol. The SMILES string of the molecule is CC(C)(C)[C@H](O)[C@@H](O)[C@@H](O)[C@H](O)C(C)(C)C. The van der Waals surface area contributed by atoms with Crippen molar-refractivity contribution in [2.24, 2.45) is 10.8 Å². The van der Waals surface area contributed by atoms with Gasteiger partial charge in [0.05, 0.1) is 12.2 Å². The molecule has 0 aromatic carbocycles. The summed E-state index contributed by atoms with van der Waals surface area (Å²) in [5.41, 5.74) is -1.09. The zero-order chi connectivity index (χ0) is 13.3. The Bertz CT molecular complexity index is 190. The number of rotatable bonds is 3. The lowest BCUT2D eigenvalue weighted by Crippen LogP contribution is -2.52. The molecule has 0 amide bonds. The molecule has 4 N–H and O–H groups in total. The van der Waals surface area contributed by atoms with Crippen LogP contribution in [0.25, 0.3) is 0 Å². The summed E-state index contributed by atoms with van der Waals surface area (Å²) in [6.45, 7) is 10.6. The maximum absolute atomic E-state index is 9.82. The van der Waals surface area contributed by atoms with Crippen molar-refractivity contribution in [1.82, 2.24) is 0 Å². The number of aliphatic hydroxyl groups excluding tert-OH is 4. The molecule has 0 aliphatic rings. The molecule has 0 aromatic rings. The summed E-state index contributed by atoms with van der Waals surface area (Å²) in [4.78, 5) is 0. The normalized spacial score (nSPS) is 21.4. The quantitative estimate of drug-likeness (QED) is 0.574. The summed E-state index contributed by atoms with van der Waals surface area (Å²) >= 11 is 0. The smallest absolute Gasteiger partial charge is 0.109 e. The molecule has 0 saturated carbocycles. The molecule has 0 heterocycles. The number of hydrogen-bond donors (Lipinski definition) is 4. The molecule has 0 fully saturated rings. The molecule has 0 bridgehead atoms. The van der Waals surface area contributed by atoms with Crippen molar-refractivity contribution in [2.75, 3.05) is 0 Å². The van der Waals surface area contributed by atoms with Crippen LogP contribution in [0.15, 0.2) is 0 Å². The van der Waals surface area contributed by atoms with Gasteiger partial charge in [-0.05, 0) is 10.8 Å². The molecule has 4 heteroatoms. The van der Waals surface area contributed by atoms with Gasteiger partial charge in [-0.3, -0.25) is 0 Å². The average molecular weight is 234 g/mol. The van der Waals surface area contributed by atoms with Gasteiger partial charge in [0.1, 0.15) is 12.2 Å². The fraction of sp³-hybridized carbons (Fsp3) is 1.00. The second kappa shape index (κ2) is 5.00. The van der Waals surface area contributed by atoms with Crippen LogP contribution in [-0.4, -0.2) is 44.8 Å². The molecular weight excluding hydrogens is 208 g/mol. The van der Waals surface area contributed by atoms with Crippen molar-refractivity contribution >= 4 is 0 Å². The fourth-order valence-electron chi connectivity index (χ4n) is 1.40. The van der Waals surface area contributed by atoms with Gasteiger partial charge in [-0.25, -0.2) is 0 Å². The highest BCUT2D eigenvalue weighted by Crippen LogP contribution is 2.28. The molecule has 0 spiro atoms. The summed E-state index contributed by atoms with van der Waals surface area (Å²) in [5, 5.41) is 39.2. The molecule has 0 rings (SSSR count). The minimum atomic E-state index is -1.35. The molecule has 98 valence electrons. The Labute approximate surface area is 97.9 Å². The maximum Gasteiger partial charge on any atom is 0.109 e. The molecule has 0 aliphatic heterocycles. The first-order valence-corrected chi connectivity index (χ1v) is 5.61. The predicted octanol–water partition coefficient (Wildman–Crippen LogP) is 0.522. The maximum atomic E-state index is 9.82. The Morgan fingerprint density at radius 3 is 0.875 bits per heavy atom. The van der Waals surface area contributed by atoms with Gasteiger partial charge >= 0.3 is 0 Å². The van der Waals surface area contributed by atoms with E-state index < -0.39 is 35.2 Å². The van der Waals surface area contributed by atoms with E-state index in [0.717, 1.165) is 0 Å². The minimum absolute atomic E-state index is 0.544. The van der Waals surface area contributed by atoms with E-state index in [2.05, 4.69) is 0 Å². The molecule has 4 nitrogen and oxygen atoms in total. The highest BCUT2D eigenvalue weighted by Gasteiger charge is 2.40. The van der Waals surface area contributed by atoms with Crippen LogP contribution in [0.2, 0.25) is 0 Å². The third-order valence-corrected chi connectivity index (χ3v) is 2.77. The fourth-order valence-corrected chi connectivity index (χ4v) is 1.40. The molecule has 4 atom stereocenters. The largest absolute Gasteiger partial charge is 0.390 e. The van der Waals surface area contributed by atoms with E-state index in [4.69, 9.17) is 0 Å². The lowest BCUT2D eigenvalue weighted by atomic mass is 9.78. The summed E-state index contributed by atoms with van der Waals surface area (Å²) in [6.07, 6.45) is -4.87. The van der Waals surface area contributed by atoms with Gasteiger partial charge < -0.3 is 20.4 Å². The van der Waals surface area contributed by atoms with E-state index >= 15 is 0 Å². The summed E-state index contributed by atoms with van der Waals surface area (Å²) < 4.78 is 0. The van der Waals surface area contributed by atoms with Gasteiger partial charge in [0.25, 0.3) is 0 Å². The summed E-state index contributed by atoms with van der Waals surface area (Å²) in [5.74, 6) is 0. The highest BCUT2D eigenvalue weighted by atomic mass is 16.4. The molecule has 0 aliphatic carbocycles. The van der Waals surface area contributed by atoms with Crippen molar-refractivity contribution in [3.05, 3.63) is 0 Å². The van der Waals surface area contributed by atoms with Gasteiger partial charge in [0, 0.05) is 0 Å². The van der Waals surface area contributed by atoms with Crippen LogP contribution in [0, 0.1) is 10.8 Å². The van der Waals surface area contributed by atoms with E-state index in [-0.39, 0.29) is 0 Å². The van der Waals surface area contributed by atoms with Gasteiger partial charge in [0.2, 0.25) is 0 Å². The number of aliphatic hydroxyl groups is 4. The average Bonchev–Trinajstić information content (AvgIpc) is 2.10. The Hall–Kier alpha value is -0.160. The van der Waals surface area contributed by atoms with Crippen molar-refractivity contribution in [3.63, 3.8) is 0 Å². The molecular formula is C12H26O4. The second-order valence-electron chi connectivity index (χ2n) is 6.60. The van der Waals surface area contributed by atoms with E-state index in [1.54, 1.807) is 41.5 Å². The standard InChI is InChI=1S/C12H26O4/c1-11(2,3)9(15)7(13)8(14)10(16)12(4,5)6/h7-10,13-16H,1-6H3/t7-,8+,9+,10-. The first-order valence-electron chi connectivity index (χ1n) is 5.61. The summed E-state index contributed by atoms with van der Waals surface area (Å²) in [7, 11) is 0. The van der Waals surface area contributed by atoms with Gasteiger partial charge in [-0.1, -0.05) is 41.5 Å². The topological polar surface area (TPSA) is 80.9 Å². The van der Waals surface area contributed by atoms with Crippen LogP contribution in [0.1, 0.15) is 41.5 Å². The van der Waals surface area contributed by atoms with E-state index in [1.165, 1.54) is 0 Å². The van der Waals surface area contributed by atoms with Crippen LogP contribution in [0.4, 0.5) is 0 Å². The molecule has 0 saturated heterocycles. The van der Waals surface area contributed by atoms with Gasteiger partial charge in [-0.2, -0.15) is 0 Å². The zero-order valence-corrected chi connectivity index (χ0v) is 11.1. The van der Waals surface area contributed by atoms with Crippen LogP contribution in [0.3, 0.4) is 0 Å². The first kappa shape index (κ1) is 15.8. The zero-order valence-electron chi connectivity index (χ0n) is 11.1. The molecule has 0 radical (unpaired) electrons. The second-order valence-corrected chi connectivity index (χ2v) is 6.60. The lowest BCUT2D eigenvalue weighted by Gasteiger charge is -2.37. The monoisotopic (exact) mass is 234 g/mol. The Morgan fingerprint density at radius 2 is 0.750 bits per heavy atom. The van der Waals surface area contributed by atoms with E-state index in [9.17, 15) is 20.4 Å². The van der Waals surface area contributed by atoms with Crippen LogP contribution in [0.5, 0.6) is 0 Å². The highest BCUT2D eigenvalue weighted by molar-refractivity contribution is 4.90. The third kappa shape index (κ3) is 4.01. The minimum Gasteiger partial charge on any atom is -0.390 e. The molecule has 0 aromatic heterocycles. The van der Waals surface area contributed by atoms with E-state index in [1.807, 2.05) is 0 Å². The molecule has 0 unspecified atom stereocenters. The van der Waals surface area contributed by atoms with Crippen LogP contribution < -0.4 is 0 Å². The Kier molecular flexibility index (Phi) is 4.95. The van der Waals surface area contributed by atoms with Crippen molar-refractivity contribution in [3.8, 4) is 0 Å². The summed E-state index contributed by atoms with van der Waals surface area (Å²) in [6, 6.07) is 0. The molecule has 16 heavy (non-hydrogen) atoms. The Morgan fingerprint density at radius 1 is 0.562 bits per heavy atom. The third-order valence-electron chi connectivity index (χ3n) is 2.77. The Balaban J connectivity index is 4.68.